The van der Waals surface area contributed by atoms with Crippen molar-refractivity contribution in [3.8, 4) is 0 Å². The highest BCUT2D eigenvalue weighted by atomic mass is 19.4. The van der Waals surface area contributed by atoms with Crippen molar-refractivity contribution in [1.82, 2.24) is 0 Å². The molecule has 94 valence electrons. The summed E-state index contributed by atoms with van der Waals surface area (Å²) in [6.07, 6.45) is -6.08. The van der Waals surface area contributed by atoms with E-state index in [1.165, 1.54) is 0 Å². The summed E-state index contributed by atoms with van der Waals surface area (Å²) in [5, 5.41) is 19.8. The number of nitrogens with two attached hydrogens (primary N) is 1. The quantitative estimate of drug-likeness (QED) is 0.629. The molecule has 0 saturated heterocycles. The van der Waals surface area contributed by atoms with Gasteiger partial charge in [0.2, 0.25) is 0 Å². The first-order chi connectivity index (χ1) is 7.75. The largest absolute Gasteiger partial charge is 0.416 e. The van der Waals surface area contributed by atoms with Gasteiger partial charge in [0, 0.05) is 18.7 Å². The summed E-state index contributed by atoms with van der Waals surface area (Å²) in [5.74, 6) is 0. The molecule has 1 aromatic carbocycles. The molecule has 8 heteroatoms. The molecule has 0 aliphatic heterocycles. The molecule has 0 spiro atoms. The lowest BCUT2D eigenvalue weighted by molar-refractivity contribution is -0.385. The number of hydrogen-bond acceptors (Lipinski definition) is 4. The molecule has 3 N–H and O–H groups in total. The Morgan fingerprint density at radius 1 is 1.41 bits per heavy atom. The zero-order valence-corrected chi connectivity index (χ0v) is 8.44. The summed E-state index contributed by atoms with van der Waals surface area (Å²) in [4.78, 5) is 9.51. The van der Waals surface area contributed by atoms with Gasteiger partial charge in [0.15, 0.2) is 0 Å². The lowest BCUT2D eigenvalue weighted by atomic mass is 10.0. The van der Waals surface area contributed by atoms with Gasteiger partial charge in [-0.1, -0.05) is 0 Å². The lowest BCUT2D eigenvalue weighted by Gasteiger charge is -2.12. The van der Waals surface area contributed by atoms with E-state index in [9.17, 15) is 28.4 Å². The summed E-state index contributed by atoms with van der Waals surface area (Å²) in [7, 11) is 0. The lowest BCUT2D eigenvalue weighted by Crippen LogP contribution is -2.14. The molecule has 17 heavy (non-hydrogen) atoms. The van der Waals surface area contributed by atoms with E-state index >= 15 is 0 Å². The van der Waals surface area contributed by atoms with Crippen LogP contribution in [0.1, 0.15) is 17.2 Å². The molecule has 0 radical (unpaired) electrons. The van der Waals surface area contributed by atoms with Crippen LogP contribution in [0, 0.1) is 10.1 Å². The molecule has 1 aromatic rings. The van der Waals surface area contributed by atoms with E-state index in [0.29, 0.717) is 12.1 Å². The number of aliphatic hydroxyl groups excluding tert-OH is 1. The number of aliphatic hydroxyl groups is 1. The van der Waals surface area contributed by atoms with Gasteiger partial charge in [-0.05, 0) is 11.6 Å². The van der Waals surface area contributed by atoms with Crippen LogP contribution in [0.25, 0.3) is 0 Å². The molecule has 5 nitrogen and oxygen atoms in total. The molecule has 0 heterocycles. The highest BCUT2D eigenvalue weighted by molar-refractivity contribution is 5.41. The zero-order valence-electron chi connectivity index (χ0n) is 8.44. The van der Waals surface area contributed by atoms with Crippen LogP contribution in [0.2, 0.25) is 0 Å². The molecule has 1 rings (SSSR count). The minimum absolute atomic E-state index is 0.228. The maximum absolute atomic E-state index is 12.4. The van der Waals surface area contributed by atoms with Gasteiger partial charge in [-0.2, -0.15) is 13.2 Å². The topological polar surface area (TPSA) is 89.4 Å². The maximum atomic E-state index is 12.4. The van der Waals surface area contributed by atoms with Crippen molar-refractivity contribution in [3.63, 3.8) is 0 Å². The van der Waals surface area contributed by atoms with Crippen molar-refractivity contribution < 1.29 is 23.2 Å². The van der Waals surface area contributed by atoms with Gasteiger partial charge in [0.25, 0.3) is 5.69 Å². The number of nitrogens with zero attached hydrogens (tertiary/aromatic N) is 1. The summed E-state index contributed by atoms with van der Waals surface area (Å²) >= 11 is 0. The molecule has 1 atom stereocenters. The molecule has 0 aromatic heterocycles. The second-order valence-corrected chi connectivity index (χ2v) is 3.32. The van der Waals surface area contributed by atoms with Gasteiger partial charge in [-0.15, -0.1) is 0 Å². The molecule has 0 amide bonds. The molecule has 0 fully saturated rings. The SMILES string of the molecule is NCC(O)c1cc([N+](=O)[O-])cc(C(F)(F)F)c1. The average molecular weight is 250 g/mol. The number of nitro groups is 1. The predicted octanol–water partition coefficient (Wildman–Crippen LogP) is 1.61. The summed E-state index contributed by atoms with van der Waals surface area (Å²) in [5.41, 5.74) is 2.94. The fourth-order valence-electron chi connectivity index (χ4n) is 1.23. The Kier molecular flexibility index (Phi) is 3.69. The number of hydrogen-bond donors (Lipinski definition) is 2. The van der Waals surface area contributed by atoms with Crippen LogP contribution in [0.4, 0.5) is 18.9 Å². The van der Waals surface area contributed by atoms with Crippen LogP contribution in [0.3, 0.4) is 0 Å². The second-order valence-electron chi connectivity index (χ2n) is 3.32. The predicted molar refractivity (Wildman–Crippen MR) is 52.1 cm³/mol. The highest BCUT2D eigenvalue weighted by Crippen LogP contribution is 2.33. The third-order valence-electron chi connectivity index (χ3n) is 2.09. The normalized spacial score (nSPS) is 13.5. The number of non-ortho nitro benzene ring substituents is 1. The minimum Gasteiger partial charge on any atom is -0.387 e. The van der Waals surface area contributed by atoms with E-state index in [4.69, 9.17) is 5.73 Å². The van der Waals surface area contributed by atoms with Crippen LogP contribution < -0.4 is 5.73 Å². The standard InChI is InChI=1S/C9H9F3N2O3/c10-9(11,12)6-1-5(8(15)4-13)2-7(3-6)14(16)17/h1-3,8,15H,4,13H2. The first kappa shape index (κ1) is 13.4. The Hall–Kier alpha value is -1.67. The van der Waals surface area contributed by atoms with Gasteiger partial charge in [0.1, 0.15) is 0 Å². The molecule has 0 saturated carbocycles. The minimum atomic E-state index is -4.71. The van der Waals surface area contributed by atoms with Crippen LogP contribution >= 0.6 is 0 Å². The van der Waals surface area contributed by atoms with Gasteiger partial charge >= 0.3 is 6.18 Å². The van der Waals surface area contributed by atoms with Crippen LogP contribution in [0.15, 0.2) is 18.2 Å². The summed E-state index contributed by atoms with van der Waals surface area (Å²) in [6, 6.07) is 1.92. The third-order valence-corrected chi connectivity index (χ3v) is 2.09. The molecule has 0 aliphatic rings. The van der Waals surface area contributed by atoms with Crippen LogP contribution in [0.5, 0.6) is 0 Å². The third kappa shape index (κ3) is 3.14. The fraction of sp³-hybridized carbons (Fsp3) is 0.333. The van der Waals surface area contributed by atoms with E-state index in [0.717, 1.165) is 6.07 Å². The number of nitro benzene ring substituents is 1. The molecule has 0 bridgehead atoms. The fourth-order valence-corrected chi connectivity index (χ4v) is 1.23. The highest BCUT2D eigenvalue weighted by Gasteiger charge is 2.33. The average Bonchev–Trinajstić information content (AvgIpc) is 2.26. The van der Waals surface area contributed by atoms with Gasteiger partial charge < -0.3 is 10.8 Å². The zero-order chi connectivity index (χ0) is 13.2. The molecular weight excluding hydrogens is 241 g/mol. The Morgan fingerprint density at radius 2 is 2.00 bits per heavy atom. The monoisotopic (exact) mass is 250 g/mol. The van der Waals surface area contributed by atoms with Crippen molar-refractivity contribution in [2.75, 3.05) is 6.54 Å². The Morgan fingerprint density at radius 3 is 2.41 bits per heavy atom. The maximum Gasteiger partial charge on any atom is 0.416 e. The number of rotatable bonds is 3. The number of alkyl halides is 3. The first-order valence-electron chi connectivity index (χ1n) is 4.50. The Bertz CT molecular complexity index is 434. The van der Waals surface area contributed by atoms with Gasteiger partial charge in [-0.3, -0.25) is 10.1 Å². The van der Waals surface area contributed by atoms with Crippen molar-refractivity contribution in [2.45, 2.75) is 12.3 Å². The summed E-state index contributed by atoms with van der Waals surface area (Å²) < 4.78 is 37.3. The van der Waals surface area contributed by atoms with E-state index in [2.05, 4.69) is 0 Å². The molecule has 0 aliphatic carbocycles. The van der Waals surface area contributed by atoms with E-state index < -0.39 is 28.5 Å². The van der Waals surface area contributed by atoms with Crippen molar-refractivity contribution in [1.29, 1.82) is 0 Å². The summed E-state index contributed by atoms with van der Waals surface area (Å²) in [6.45, 7) is -0.321. The van der Waals surface area contributed by atoms with E-state index in [1.807, 2.05) is 0 Å². The Labute approximate surface area is 93.8 Å². The molecule has 1 unspecified atom stereocenters. The Balaban J connectivity index is 3.34. The number of benzene rings is 1. The van der Waals surface area contributed by atoms with E-state index in [-0.39, 0.29) is 12.1 Å². The second kappa shape index (κ2) is 4.68. The van der Waals surface area contributed by atoms with Crippen LogP contribution in [-0.2, 0) is 6.18 Å². The van der Waals surface area contributed by atoms with Crippen molar-refractivity contribution in [2.24, 2.45) is 5.73 Å². The smallest absolute Gasteiger partial charge is 0.387 e. The van der Waals surface area contributed by atoms with E-state index in [1.54, 1.807) is 0 Å². The van der Waals surface area contributed by atoms with Crippen LogP contribution in [-0.4, -0.2) is 16.6 Å². The van der Waals surface area contributed by atoms with Crippen molar-refractivity contribution >= 4 is 5.69 Å². The van der Waals surface area contributed by atoms with Gasteiger partial charge in [0.05, 0.1) is 16.6 Å². The number of halogens is 3. The first-order valence-corrected chi connectivity index (χ1v) is 4.50. The molecular formula is C9H9F3N2O3. The van der Waals surface area contributed by atoms with Gasteiger partial charge in [-0.25, -0.2) is 0 Å². The van der Waals surface area contributed by atoms with Crippen molar-refractivity contribution in [3.05, 3.63) is 39.4 Å².